The number of carbonyl (C=O) groups excluding carboxylic acids is 2. The summed E-state index contributed by atoms with van der Waals surface area (Å²) in [5.41, 5.74) is 0.482. The van der Waals surface area contributed by atoms with Gasteiger partial charge in [0.25, 0.3) is 0 Å². The van der Waals surface area contributed by atoms with Crippen LogP contribution >= 0.6 is 15.9 Å². The maximum atomic E-state index is 11.3. The monoisotopic (exact) mass is 301 g/mol. The molecule has 1 aromatic rings. The van der Waals surface area contributed by atoms with Crippen LogP contribution in [0.5, 0.6) is 5.75 Å². The molecule has 0 bridgehead atoms. The number of carbonyl (C=O) groups is 2. The van der Waals surface area contributed by atoms with Crippen LogP contribution < -0.4 is 10.1 Å². The van der Waals surface area contributed by atoms with E-state index in [1.165, 1.54) is 7.11 Å². The molecule has 17 heavy (non-hydrogen) atoms. The zero-order valence-corrected chi connectivity index (χ0v) is 11.0. The summed E-state index contributed by atoms with van der Waals surface area (Å²) in [6.07, 6.45) is 0. The minimum Gasteiger partial charge on any atom is -0.496 e. The van der Waals surface area contributed by atoms with Gasteiger partial charge in [-0.25, -0.2) is 4.79 Å². The molecular formula is C11H12BrNO4. The largest absolute Gasteiger partial charge is 0.496 e. The van der Waals surface area contributed by atoms with Crippen molar-refractivity contribution in [1.82, 2.24) is 0 Å². The average Bonchev–Trinajstić information content (AvgIpc) is 2.29. The molecule has 0 radical (unpaired) electrons. The first-order chi connectivity index (χ1) is 8.08. The highest BCUT2D eigenvalue weighted by atomic mass is 79.9. The van der Waals surface area contributed by atoms with Gasteiger partial charge in [0.05, 0.1) is 18.2 Å². The average molecular weight is 302 g/mol. The first-order valence-electron chi connectivity index (χ1n) is 4.90. The Labute approximate surface area is 107 Å². The summed E-state index contributed by atoms with van der Waals surface area (Å²) in [5, 5.41) is 2.42. The van der Waals surface area contributed by atoms with Gasteiger partial charge in [0, 0.05) is 5.69 Å². The number of esters is 1. The van der Waals surface area contributed by atoms with Crippen LogP contribution in [-0.2, 0) is 14.3 Å². The fourth-order valence-electron chi connectivity index (χ4n) is 1.12. The molecule has 92 valence electrons. The lowest BCUT2D eigenvalue weighted by molar-refractivity contribution is -0.152. The predicted molar refractivity (Wildman–Crippen MR) is 66.0 cm³/mol. The van der Waals surface area contributed by atoms with E-state index in [1.54, 1.807) is 25.1 Å². The van der Waals surface area contributed by atoms with Gasteiger partial charge in [0.1, 0.15) is 5.75 Å². The van der Waals surface area contributed by atoms with Gasteiger partial charge in [-0.1, -0.05) is 0 Å². The molecular weight excluding hydrogens is 290 g/mol. The summed E-state index contributed by atoms with van der Waals surface area (Å²) in [6, 6.07) is 4.93. The van der Waals surface area contributed by atoms with Crippen molar-refractivity contribution in [3.63, 3.8) is 0 Å². The standard InChI is InChI=1S/C11H12BrNO4/c1-3-17-11(15)10(14)13-7-4-5-9(16-2)8(12)6-7/h4-6H,3H2,1-2H3,(H,13,14). The maximum Gasteiger partial charge on any atom is 0.397 e. The van der Waals surface area contributed by atoms with Crippen LogP contribution in [0.25, 0.3) is 0 Å². The van der Waals surface area contributed by atoms with E-state index in [4.69, 9.17) is 4.74 Å². The molecule has 0 unspecified atom stereocenters. The third-order valence-corrected chi connectivity index (χ3v) is 2.49. The van der Waals surface area contributed by atoms with E-state index in [9.17, 15) is 9.59 Å². The van der Waals surface area contributed by atoms with E-state index in [-0.39, 0.29) is 6.61 Å². The minimum absolute atomic E-state index is 0.165. The highest BCUT2D eigenvalue weighted by Crippen LogP contribution is 2.27. The number of hydrogen-bond acceptors (Lipinski definition) is 4. The quantitative estimate of drug-likeness (QED) is 0.685. The van der Waals surface area contributed by atoms with Crippen LogP contribution in [0.2, 0.25) is 0 Å². The van der Waals surface area contributed by atoms with Gasteiger partial charge >= 0.3 is 11.9 Å². The van der Waals surface area contributed by atoms with E-state index in [1.807, 2.05) is 0 Å². The number of rotatable bonds is 3. The molecule has 0 spiro atoms. The zero-order valence-electron chi connectivity index (χ0n) is 9.45. The second kappa shape index (κ2) is 6.24. The molecule has 0 saturated heterocycles. The van der Waals surface area contributed by atoms with Gasteiger partial charge in [-0.2, -0.15) is 0 Å². The van der Waals surface area contributed by atoms with Gasteiger partial charge in [-0.3, -0.25) is 4.79 Å². The van der Waals surface area contributed by atoms with Crippen LogP contribution in [0.1, 0.15) is 6.92 Å². The van der Waals surface area contributed by atoms with Crippen LogP contribution in [0.4, 0.5) is 5.69 Å². The number of halogens is 1. The summed E-state index contributed by atoms with van der Waals surface area (Å²) in [4.78, 5) is 22.4. The van der Waals surface area contributed by atoms with Crippen LogP contribution in [0.15, 0.2) is 22.7 Å². The van der Waals surface area contributed by atoms with E-state index >= 15 is 0 Å². The van der Waals surface area contributed by atoms with E-state index in [0.29, 0.717) is 15.9 Å². The van der Waals surface area contributed by atoms with Crippen molar-refractivity contribution in [3.8, 4) is 5.75 Å². The van der Waals surface area contributed by atoms with Crippen molar-refractivity contribution >= 4 is 33.5 Å². The summed E-state index contributed by atoms with van der Waals surface area (Å²) in [6.45, 7) is 1.80. The van der Waals surface area contributed by atoms with E-state index in [0.717, 1.165) is 0 Å². The smallest absolute Gasteiger partial charge is 0.397 e. The van der Waals surface area contributed by atoms with Crippen LogP contribution in [0, 0.1) is 0 Å². The minimum atomic E-state index is -0.903. The molecule has 0 aliphatic carbocycles. The Kier molecular flexibility index (Phi) is 4.96. The molecule has 1 rings (SSSR count). The Bertz CT molecular complexity index is 433. The van der Waals surface area contributed by atoms with Gasteiger partial charge in [0.15, 0.2) is 0 Å². The summed E-state index contributed by atoms with van der Waals surface area (Å²) < 4.78 is 10.3. The number of hydrogen-bond donors (Lipinski definition) is 1. The van der Waals surface area contributed by atoms with Crippen molar-refractivity contribution in [3.05, 3.63) is 22.7 Å². The van der Waals surface area contributed by atoms with Crippen LogP contribution in [0.3, 0.4) is 0 Å². The molecule has 0 aromatic heterocycles. The highest BCUT2D eigenvalue weighted by Gasteiger charge is 2.15. The second-order valence-corrected chi connectivity index (χ2v) is 3.88. The fraction of sp³-hybridized carbons (Fsp3) is 0.273. The third-order valence-electron chi connectivity index (χ3n) is 1.87. The molecule has 1 N–H and O–H groups in total. The fourth-order valence-corrected chi connectivity index (χ4v) is 1.66. The van der Waals surface area contributed by atoms with Gasteiger partial charge < -0.3 is 14.8 Å². The molecule has 0 saturated carbocycles. The number of nitrogens with one attached hydrogen (secondary N) is 1. The van der Waals surface area contributed by atoms with Crippen molar-refractivity contribution in [2.75, 3.05) is 19.0 Å². The molecule has 6 heteroatoms. The Hall–Kier alpha value is -1.56. The normalized spacial score (nSPS) is 9.59. The molecule has 0 aliphatic heterocycles. The molecule has 0 aliphatic rings. The third kappa shape index (κ3) is 3.74. The number of ether oxygens (including phenoxy) is 2. The van der Waals surface area contributed by atoms with Crippen molar-refractivity contribution < 1.29 is 19.1 Å². The van der Waals surface area contributed by atoms with Crippen molar-refractivity contribution in [2.24, 2.45) is 0 Å². The molecule has 5 nitrogen and oxygen atoms in total. The van der Waals surface area contributed by atoms with Gasteiger partial charge in [0.2, 0.25) is 0 Å². The van der Waals surface area contributed by atoms with Crippen LogP contribution in [-0.4, -0.2) is 25.6 Å². The lowest BCUT2D eigenvalue weighted by Crippen LogP contribution is -2.24. The first kappa shape index (κ1) is 13.5. The maximum absolute atomic E-state index is 11.3. The van der Waals surface area contributed by atoms with Gasteiger partial charge in [-0.05, 0) is 41.1 Å². The molecule has 1 aromatic carbocycles. The molecule has 0 fully saturated rings. The summed E-state index contributed by atoms with van der Waals surface area (Å²) in [5.74, 6) is -1.07. The Morgan fingerprint density at radius 3 is 2.65 bits per heavy atom. The van der Waals surface area contributed by atoms with E-state index in [2.05, 4.69) is 26.0 Å². The molecule has 0 atom stereocenters. The zero-order chi connectivity index (χ0) is 12.8. The SMILES string of the molecule is CCOC(=O)C(=O)Nc1ccc(OC)c(Br)c1. The van der Waals surface area contributed by atoms with Gasteiger partial charge in [-0.15, -0.1) is 0 Å². The van der Waals surface area contributed by atoms with E-state index < -0.39 is 11.9 Å². The molecule has 0 heterocycles. The summed E-state index contributed by atoms with van der Waals surface area (Å²) in [7, 11) is 1.54. The van der Waals surface area contributed by atoms with Crippen molar-refractivity contribution in [1.29, 1.82) is 0 Å². The second-order valence-electron chi connectivity index (χ2n) is 3.02. The predicted octanol–water partition coefficient (Wildman–Crippen LogP) is 1.96. The lowest BCUT2D eigenvalue weighted by atomic mass is 10.3. The summed E-state index contributed by atoms with van der Waals surface area (Å²) >= 11 is 3.27. The number of amides is 1. The Balaban J connectivity index is 2.72. The Morgan fingerprint density at radius 1 is 1.41 bits per heavy atom. The molecule has 1 amide bonds. The first-order valence-corrected chi connectivity index (χ1v) is 5.69. The lowest BCUT2D eigenvalue weighted by Gasteiger charge is -2.07. The number of anilines is 1. The Morgan fingerprint density at radius 2 is 2.12 bits per heavy atom. The number of methoxy groups -OCH3 is 1. The van der Waals surface area contributed by atoms with Crippen molar-refractivity contribution in [2.45, 2.75) is 6.92 Å². The highest BCUT2D eigenvalue weighted by molar-refractivity contribution is 9.10. The number of benzene rings is 1. The topological polar surface area (TPSA) is 64.6 Å².